The molecule has 0 aliphatic rings. The quantitative estimate of drug-likeness (QED) is 0.548. The fraction of sp³-hybridized carbons (Fsp3) is 0.143. The molecule has 2 aromatic heterocycles. The van der Waals surface area contributed by atoms with E-state index in [1.807, 2.05) is 65.9 Å². The number of ether oxygens (including phenoxy) is 2. The number of carbonyl (C=O) groups is 1. The van der Waals surface area contributed by atoms with Crippen molar-refractivity contribution in [2.75, 3.05) is 19.5 Å². The van der Waals surface area contributed by atoms with Crippen LogP contribution >= 0.6 is 0 Å². The summed E-state index contributed by atoms with van der Waals surface area (Å²) in [5, 5.41) is 3.42. The van der Waals surface area contributed by atoms with Crippen LogP contribution < -0.4 is 10.1 Å². The lowest BCUT2D eigenvalue weighted by atomic mass is 10.1. The Morgan fingerprint density at radius 1 is 1.07 bits per heavy atom. The Morgan fingerprint density at radius 3 is 2.52 bits per heavy atom. The van der Waals surface area contributed by atoms with E-state index in [9.17, 15) is 4.79 Å². The summed E-state index contributed by atoms with van der Waals surface area (Å²) in [6.07, 6.45) is 0. The molecule has 6 nitrogen and oxygen atoms in total. The van der Waals surface area contributed by atoms with E-state index in [1.165, 1.54) is 7.11 Å². The molecule has 0 saturated carbocycles. The Labute approximate surface area is 156 Å². The van der Waals surface area contributed by atoms with Crippen molar-refractivity contribution in [3.63, 3.8) is 0 Å². The van der Waals surface area contributed by atoms with Crippen LogP contribution in [0.3, 0.4) is 0 Å². The molecule has 0 atom stereocenters. The summed E-state index contributed by atoms with van der Waals surface area (Å²) in [7, 11) is 3.02. The summed E-state index contributed by atoms with van der Waals surface area (Å²) in [5.41, 5.74) is 4.45. The van der Waals surface area contributed by atoms with Gasteiger partial charge >= 0.3 is 5.97 Å². The molecular weight excluding hydrogens is 342 g/mol. The van der Waals surface area contributed by atoms with Gasteiger partial charge in [0, 0.05) is 5.69 Å². The van der Waals surface area contributed by atoms with Gasteiger partial charge in [0.25, 0.3) is 0 Å². The number of anilines is 2. The standard InChI is InChI=1S/C21H19N3O3/c1-13-12-18(22-14-8-10-15(26-2)11-9-14)24-17-7-5-4-6-16(17)23-20(24)19(13)21(25)27-3/h4-12,22H,1-3H3. The predicted octanol–water partition coefficient (Wildman–Crippen LogP) is 4.33. The molecule has 0 fully saturated rings. The molecule has 136 valence electrons. The maximum Gasteiger partial charge on any atom is 0.341 e. The molecule has 0 unspecified atom stereocenters. The summed E-state index contributed by atoms with van der Waals surface area (Å²) >= 11 is 0. The monoisotopic (exact) mass is 361 g/mol. The number of hydrogen-bond acceptors (Lipinski definition) is 5. The second-order valence-corrected chi connectivity index (χ2v) is 6.19. The smallest absolute Gasteiger partial charge is 0.341 e. The molecule has 0 radical (unpaired) electrons. The lowest BCUT2D eigenvalue weighted by Gasteiger charge is -2.14. The van der Waals surface area contributed by atoms with E-state index in [-0.39, 0.29) is 0 Å². The average molecular weight is 361 g/mol. The molecule has 0 aliphatic heterocycles. The fourth-order valence-electron chi connectivity index (χ4n) is 3.22. The van der Waals surface area contributed by atoms with Crippen LogP contribution in [0.15, 0.2) is 54.6 Å². The zero-order chi connectivity index (χ0) is 19.0. The maximum absolute atomic E-state index is 12.4. The molecule has 4 rings (SSSR count). The number of hydrogen-bond donors (Lipinski definition) is 1. The summed E-state index contributed by atoms with van der Waals surface area (Å²) < 4.78 is 12.1. The lowest BCUT2D eigenvalue weighted by molar-refractivity contribution is 0.0601. The van der Waals surface area contributed by atoms with Gasteiger partial charge in [-0.15, -0.1) is 0 Å². The van der Waals surface area contributed by atoms with Gasteiger partial charge < -0.3 is 14.8 Å². The van der Waals surface area contributed by atoms with Crippen LogP contribution in [-0.4, -0.2) is 29.6 Å². The van der Waals surface area contributed by atoms with Crippen molar-refractivity contribution in [2.24, 2.45) is 0 Å². The van der Waals surface area contributed by atoms with Crippen LogP contribution in [0.4, 0.5) is 11.5 Å². The number of rotatable bonds is 4. The highest BCUT2D eigenvalue weighted by atomic mass is 16.5. The topological polar surface area (TPSA) is 64.9 Å². The first kappa shape index (κ1) is 16.9. The zero-order valence-corrected chi connectivity index (χ0v) is 15.3. The van der Waals surface area contributed by atoms with Gasteiger partial charge in [-0.25, -0.2) is 9.78 Å². The van der Waals surface area contributed by atoms with E-state index in [0.717, 1.165) is 33.9 Å². The minimum absolute atomic E-state index is 0.399. The van der Waals surface area contributed by atoms with E-state index in [4.69, 9.17) is 9.47 Å². The number of nitrogens with one attached hydrogen (secondary N) is 1. The van der Waals surface area contributed by atoms with E-state index in [0.29, 0.717) is 11.2 Å². The number of aromatic nitrogens is 2. The normalized spacial score (nSPS) is 10.9. The second-order valence-electron chi connectivity index (χ2n) is 6.19. The van der Waals surface area contributed by atoms with Gasteiger partial charge in [0.1, 0.15) is 17.1 Å². The van der Waals surface area contributed by atoms with E-state index in [1.54, 1.807) is 7.11 Å². The van der Waals surface area contributed by atoms with Crippen molar-refractivity contribution in [2.45, 2.75) is 6.92 Å². The third-order valence-corrected chi connectivity index (χ3v) is 4.52. The van der Waals surface area contributed by atoms with Crippen molar-refractivity contribution in [1.29, 1.82) is 0 Å². The maximum atomic E-state index is 12.4. The van der Waals surface area contributed by atoms with Gasteiger partial charge in [-0.3, -0.25) is 4.40 Å². The number of benzene rings is 2. The lowest BCUT2D eigenvalue weighted by Crippen LogP contribution is -2.09. The molecule has 0 saturated heterocycles. The van der Waals surface area contributed by atoms with Gasteiger partial charge in [0.05, 0.1) is 25.3 Å². The SMILES string of the molecule is COC(=O)c1c(C)cc(Nc2ccc(OC)cc2)n2c1nc1ccccc12. The van der Waals surface area contributed by atoms with Crippen LogP contribution in [0, 0.1) is 6.92 Å². The number of fused-ring (bicyclic) bond motifs is 3. The van der Waals surface area contributed by atoms with Crippen molar-refractivity contribution >= 4 is 34.2 Å². The first-order valence-corrected chi connectivity index (χ1v) is 8.52. The summed E-state index contributed by atoms with van der Waals surface area (Å²) in [6.45, 7) is 1.88. The Balaban J connectivity index is 1.95. The van der Waals surface area contributed by atoms with Crippen molar-refractivity contribution < 1.29 is 14.3 Å². The minimum Gasteiger partial charge on any atom is -0.497 e. The largest absolute Gasteiger partial charge is 0.497 e. The molecule has 6 heteroatoms. The van der Waals surface area contributed by atoms with Crippen LogP contribution in [-0.2, 0) is 4.74 Å². The van der Waals surface area contributed by atoms with E-state index < -0.39 is 5.97 Å². The highest BCUT2D eigenvalue weighted by molar-refractivity contribution is 6.00. The summed E-state index contributed by atoms with van der Waals surface area (Å²) in [4.78, 5) is 17.0. The molecule has 2 aromatic carbocycles. The Morgan fingerprint density at radius 2 is 1.81 bits per heavy atom. The van der Waals surface area contributed by atoms with Crippen molar-refractivity contribution in [1.82, 2.24) is 9.38 Å². The molecule has 1 N–H and O–H groups in total. The molecule has 0 amide bonds. The number of para-hydroxylation sites is 2. The Hall–Kier alpha value is -3.54. The molecule has 4 aromatic rings. The first-order chi connectivity index (χ1) is 13.1. The van der Waals surface area contributed by atoms with Crippen LogP contribution in [0.5, 0.6) is 5.75 Å². The summed E-state index contributed by atoms with van der Waals surface area (Å²) in [5.74, 6) is 1.20. The summed E-state index contributed by atoms with van der Waals surface area (Å²) in [6, 6.07) is 17.4. The number of esters is 1. The molecule has 2 heterocycles. The number of nitrogens with zero attached hydrogens (tertiary/aromatic N) is 2. The Bertz CT molecular complexity index is 1150. The van der Waals surface area contributed by atoms with Crippen LogP contribution in [0.25, 0.3) is 16.7 Å². The number of carbonyl (C=O) groups excluding carboxylic acids is 1. The molecule has 0 spiro atoms. The number of pyridine rings is 1. The third kappa shape index (κ3) is 2.85. The van der Waals surface area contributed by atoms with Crippen molar-refractivity contribution in [3.05, 3.63) is 65.7 Å². The van der Waals surface area contributed by atoms with E-state index >= 15 is 0 Å². The van der Waals surface area contributed by atoms with Gasteiger partial charge in [0.2, 0.25) is 0 Å². The van der Waals surface area contributed by atoms with Gasteiger partial charge in [0.15, 0.2) is 5.65 Å². The predicted molar refractivity (Wildman–Crippen MR) is 105 cm³/mol. The molecule has 0 aliphatic carbocycles. The van der Waals surface area contributed by atoms with Gasteiger partial charge in [-0.05, 0) is 55.0 Å². The first-order valence-electron chi connectivity index (χ1n) is 8.52. The molecule has 0 bridgehead atoms. The molecule has 27 heavy (non-hydrogen) atoms. The number of aryl methyl sites for hydroxylation is 1. The highest BCUT2D eigenvalue weighted by Gasteiger charge is 2.20. The zero-order valence-electron chi connectivity index (χ0n) is 15.3. The highest BCUT2D eigenvalue weighted by Crippen LogP contribution is 2.29. The van der Waals surface area contributed by atoms with Crippen LogP contribution in [0.2, 0.25) is 0 Å². The fourth-order valence-corrected chi connectivity index (χ4v) is 3.22. The third-order valence-electron chi connectivity index (χ3n) is 4.52. The van der Waals surface area contributed by atoms with Gasteiger partial charge in [-0.2, -0.15) is 0 Å². The number of methoxy groups -OCH3 is 2. The molecular formula is C21H19N3O3. The van der Waals surface area contributed by atoms with Crippen LogP contribution in [0.1, 0.15) is 15.9 Å². The second kappa shape index (κ2) is 6.64. The Kier molecular flexibility index (Phi) is 4.16. The van der Waals surface area contributed by atoms with Crippen molar-refractivity contribution in [3.8, 4) is 5.75 Å². The number of imidazole rings is 1. The minimum atomic E-state index is -0.399. The average Bonchev–Trinajstić information content (AvgIpc) is 3.07. The van der Waals surface area contributed by atoms with E-state index in [2.05, 4.69) is 10.3 Å². The van der Waals surface area contributed by atoms with Gasteiger partial charge in [-0.1, -0.05) is 12.1 Å².